The Morgan fingerprint density at radius 2 is 1.87 bits per heavy atom. The van der Waals surface area contributed by atoms with Crippen LogP contribution in [0.5, 0.6) is 0 Å². The topological polar surface area (TPSA) is 68.1 Å². The molecule has 30 heavy (non-hydrogen) atoms. The molecular weight excluding hydrogens is 396 g/mol. The molecule has 0 aliphatic heterocycles. The second-order valence-electron chi connectivity index (χ2n) is 7.32. The van der Waals surface area contributed by atoms with Gasteiger partial charge in [0.05, 0.1) is 23.1 Å². The van der Waals surface area contributed by atoms with Crippen LogP contribution in [0.3, 0.4) is 0 Å². The van der Waals surface area contributed by atoms with Crippen LogP contribution >= 0.6 is 11.3 Å². The predicted octanol–water partition coefficient (Wildman–Crippen LogP) is 4.01. The molecule has 0 N–H and O–H groups in total. The summed E-state index contributed by atoms with van der Waals surface area (Å²) >= 11 is 1.48. The standard InChI is InChI=1S/C23H22N4O2S/c1-15-9-10-19-20(11-15)30-23(25-19)27(12-18-7-5-4-6-8-18)21(28)13-26-14-24-17(3)16(2)22(26)29/h4-11,14H,12-13H2,1-3H3. The Bertz CT molecular complexity index is 1280. The van der Waals surface area contributed by atoms with Crippen molar-refractivity contribution >= 4 is 32.6 Å². The van der Waals surface area contributed by atoms with Crippen LogP contribution in [-0.4, -0.2) is 20.4 Å². The smallest absolute Gasteiger partial charge is 0.256 e. The molecule has 6 nitrogen and oxygen atoms in total. The lowest BCUT2D eigenvalue weighted by molar-refractivity contribution is -0.119. The minimum absolute atomic E-state index is 0.0886. The third-order valence-corrected chi connectivity index (χ3v) is 6.11. The molecule has 0 unspecified atom stereocenters. The number of carbonyl (C=O) groups excluding carboxylic acids is 1. The van der Waals surface area contributed by atoms with Crippen molar-refractivity contribution in [3.05, 3.63) is 87.6 Å². The number of rotatable bonds is 5. The number of anilines is 1. The van der Waals surface area contributed by atoms with Gasteiger partial charge < -0.3 is 0 Å². The van der Waals surface area contributed by atoms with Crippen molar-refractivity contribution in [3.63, 3.8) is 0 Å². The molecule has 0 fully saturated rings. The minimum Gasteiger partial charge on any atom is -0.289 e. The van der Waals surface area contributed by atoms with Gasteiger partial charge in [0.2, 0.25) is 5.91 Å². The normalized spacial score (nSPS) is 11.0. The van der Waals surface area contributed by atoms with E-state index in [1.807, 2.05) is 49.4 Å². The Balaban J connectivity index is 1.71. The largest absolute Gasteiger partial charge is 0.289 e. The highest BCUT2D eigenvalue weighted by molar-refractivity contribution is 7.22. The van der Waals surface area contributed by atoms with Gasteiger partial charge in [-0.1, -0.05) is 47.7 Å². The monoisotopic (exact) mass is 418 g/mol. The Labute approximate surface area is 178 Å². The van der Waals surface area contributed by atoms with Gasteiger partial charge in [0.1, 0.15) is 6.54 Å². The van der Waals surface area contributed by atoms with Crippen molar-refractivity contribution in [2.24, 2.45) is 0 Å². The van der Waals surface area contributed by atoms with Crippen molar-refractivity contribution < 1.29 is 4.79 Å². The number of thiazole rings is 1. The molecule has 0 aliphatic carbocycles. The zero-order valence-electron chi connectivity index (χ0n) is 17.1. The van der Waals surface area contributed by atoms with Gasteiger partial charge in [-0.25, -0.2) is 9.97 Å². The molecule has 0 radical (unpaired) electrons. The number of hydrogen-bond donors (Lipinski definition) is 0. The molecule has 152 valence electrons. The summed E-state index contributed by atoms with van der Waals surface area (Å²) in [6.45, 7) is 5.84. The van der Waals surface area contributed by atoms with Gasteiger partial charge in [-0.2, -0.15) is 0 Å². The zero-order chi connectivity index (χ0) is 21.3. The zero-order valence-corrected chi connectivity index (χ0v) is 17.9. The molecule has 4 aromatic rings. The number of fused-ring (bicyclic) bond motifs is 1. The summed E-state index contributed by atoms with van der Waals surface area (Å²) in [5.41, 5.74) is 4.02. The van der Waals surface area contributed by atoms with E-state index in [4.69, 9.17) is 0 Å². The molecule has 4 rings (SSSR count). The molecule has 2 aromatic heterocycles. The molecule has 2 aromatic carbocycles. The molecule has 0 spiro atoms. The van der Waals surface area contributed by atoms with E-state index in [2.05, 4.69) is 16.0 Å². The Kier molecular flexibility index (Phi) is 5.46. The van der Waals surface area contributed by atoms with Crippen molar-refractivity contribution in [3.8, 4) is 0 Å². The Morgan fingerprint density at radius 3 is 2.63 bits per heavy atom. The van der Waals surface area contributed by atoms with Crippen LogP contribution in [0.1, 0.15) is 22.4 Å². The van der Waals surface area contributed by atoms with Crippen molar-refractivity contribution in [1.29, 1.82) is 0 Å². The maximum atomic E-state index is 13.3. The summed E-state index contributed by atoms with van der Waals surface area (Å²) in [7, 11) is 0. The number of amides is 1. The molecule has 0 saturated carbocycles. The summed E-state index contributed by atoms with van der Waals surface area (Å²) in [6, 6.07) is 15.8. The molecule has 0 saturated heterocycles. The Morgan fingerprint density at radius 1 is 1.10 bits per heavy atom. The number of aryl methyl sites for hydroxylation is 2. The van der Waals surface area contributed by atoms with Crippen LogP contribution in [0, 0.1) is 20.8 Å². The first kappa shape index (κ1) is 20.0. The number of hydrogen-bond acceptors (Lipinski definition) is 5. The summed E-state index contributed by atoms with van der Waals surface area (Å²) < 4.78 is 2.39. The van der Waals surface area contributed by atoms with Crippen molar-refractivity contribution in [2.45, 2.75) is 33.9 Å². The fraction of sp³-hybridized carbons (Fsp3) is 0.217. The van der Waals surface area contributed by atoms with Crippen LogP contribution in [0.2, 0.25) is 0 Å². The number of benzene rings is 2. The maximum Gasteiger partial charge on any atom is 0.256 e. The van der Waals surface area contributed by atoms with Gasteiger partial charge in [-0.15, -0.1) is 0 Å². The van der Waals surface area contributed by atoms with E-state index >= 15 is 0 Å². The highest BCUT2D eigenvalue weighted by Gasteiger charge is 2.21. The molecule has 7 heteroatoms. The van der Waals surface area contributed by atoms with Crippen LogP contribution < -0.4 is 10.5 Å². The molecule has 0 atom stereocenters. The first-order chi connectivity index (χ1) is 14.4. The number of aromatic nitrogens is 3. The highest BCUT2D eigenvalue weighted by atomic mass is 32.1. The van der Waals surface area contributed by atoms with E-state index in [-0.39, 0.29) is 18.0 Å². The second kappa shape index (κ2) is 8.20. The fourth-order valence-corrected chi connectivity index (χ4v) is 4.26. The van der Waals surface area contributed by atoms with E-state index in [0.29, 0.717) is 22.9 Å². The highest BCUT2D eigenvalue weighted by Crippen LogP contribution is 2.30. The molecule has 2 heterocycles. The first-order valence-electron chi connectivity index (χ1n) is 9.66. The predicted molar refractivity (Wildman–Crippen MR) is 120 cm³/mol. The van der Waals surface area contributed by atoms with Crippen LogP contribution in [-0.2, 0) is 17.9 Å². The summed E-state index contributed by atoms with van der Waals surface area (Å²) in [6.07, 6.45) is 1.44. The maximum absolute atomic E-state index is 13.3. The van der Waals surface area contributed by atoms with E-state index in [1.165, 1.54) is 22.2 Å². The van der Waals surface area contributed by atoms with Gasteiger partial charge in [-0.3, -0.25) is 19.1 Å². The van der Waals surface area contributed by atoms with Gasteiger partial charge in [0.15, 0.2) is 5.13 Å². The van der Waals surface area contributed by atoms with E-state index < -0.39 is 0 Å². The Hall–Kier alpha value is -3.32. The number of nitrogens with zero attached hydrogens (tertiary/aromatic N) is 4. The minimum atomic E-state index is -0.207. The third kappa shape index (κ3) is 4.02. The average Bonchev–Trinajstić information content (AvgIpc) is 3.16. The lowest BCUT2D eigenvalue weighted by atomic mass is 10.2. The van der Waals surface area contributed by atoms with Gasteiger partial charge >= 0.3 is 0 Å². The van der Waals surface area contributed by atoms with Gasteiger partial charge in [-0.05, 0) is 44.0 Å². The molecule has 1 amide bonds. The fourth-order valence-electron chi connectivity index (χ4n) is 3.18. The van der Waals surface area contributed by atoms with Crippen LogP contribution in [0.15, 0.2) is 59.7 Å². The number of carbonyl (C=O) groups is 1. The molecular formula is C23H22N4O2S. The summed E-state index contributed by atoms with van der Waals surface area (Å²) in [5, 5.41) is 0.620. The lowest BCUT2D eigenvalue weighted by Gasteiger charge is -2.20. The second-order valence-corrected chi connectivity index (χ2v) is 8.33. The third-order valence-electron chi connectivity index (χ3n) is 5.07. The van der Waals surface area contributed by atoms with Crippen LogP contribution in [0.25, 0.3) is 10.2 Å². The summed E-state index contributed by atoms with van der Waals surface area (Å²) in [4.78, 5) is 36.4. The summed E-state index contributed by atoms with van der Waals surface area (Å²) in [5.74, 6) is -0.207. The van der Waals surface area contributed by atoms with Crippen molar-refractivity contribution in [1.82, 2.24) is 14.5 Å². The quantitative estimate of drug-likeness (QED) is 0.491. The van der Waals surface area contributed by atoms with E-state index in [9.17, 15) is 9.59 Å². The van der Waals surface area contributed by atoms with E-state index in [0.717, 1.165) is 21.3 Å². The van der Waals surface area contributed by atoms with Gasteiger partial charge in [0.25, 0.3) is 5.56 Å². The van der Waals surface area contributed by atoms with Gasteiger partial charge in [0, 0.05) is 11.3 Å². The first-order valence-corrected chi connectivity index (χ1v) is 10.5. The van der Waals surface area contributed by atoms with Crippen molar-refractivity contribution in [2.75, 3.05) is 4.90 Å². The lowest BCUT2D eigenvalue weighted by Crippen LogP contribution is -2.37. The molecule has 0 aliphatic rings. The van der Waals surface area contributed by atoms with E-state index in [1.54, 1.807) is 18.7 Å². The molecule has 0 bridgehead atoms. The SMILES string of the molecule is Cc1ccc2nc(N(Cc3ccccc3)C(=O)Cn3cnc(C)c(C)c3=O)sc2c1. The van der Waals surface area contributed by atoms with Crippen LogP contribution in [0.4, 0.5) is 5.13 Å². The average molecular weight is 419 g/mol.